The quantitative estimate of drug-likeness (QED) is 0.212. The Bertz CT molecular complexity index is 1550. The highest BCUT2D eigenvalue weighted by molar-refractivity contribution is 5.93. The summed E-state index contributed by atoms with van der Waals surface area (Å²) in [5.74, 6) is 0. The first-order valence-electron chi connectivity index (χ1n) is 12.1. The second-order valence-electron chi connectivity index (χ2n) is 8.83. The molecule has 0 atom stereocenters. The lowest BCUT2D eigenvalue weighted by Crippen LogP contribution is -2.04. The highest BCUT2D eigenvalue weighted by Crippen LogP contribution is 2.36. The summed E-state index contributed by atoms with van der Waals surface area (Å²) in [4.78, 5) is 0. The molecule has 0 radical (unpaired) electrons. The maximum Gasteiger partial charge on any atom is 0.0991 e. The maximum atomic E-state index is 9.49. The van der Waals surface area contributed by atoms with Crippen LogP contribution in [0.25, 0.3) is 39.4 Å². The van der Waals surface area contributed by atoms with E-state index in [2.05, 4.69) is 90.1 Å². The van der Waals surface area contributed by atoms with E-state index in [1.807, 2.05) is 37.3 Å². The molecule has 0 bridgehead atoms. The topological polar surface area (TPSA) is 28.7 Å². The van der Waals surface area contributed by atoms with Crippen LogP contribution in [0.1, 0.15) is 42.1 Å². The molecule has 0 saturated carbocycles. The zero-order chi connectivity index (χ0) is 24.2. The van der Waals surface area contributed by atoms with Gasteiger partial charge in [-0.25, -0.2) is 0 Å². The van der Waals surface area contributed by atoms with Gasteiger partial charge in [0.2, 0.25) is 0 Å². The van der Waals surface area contributed by atoms with Gasteiger partial charge in [0.05, 0.1) is 17.1 Å². The van der Waals surface area contributed by atoms with Crippen molar-refractivity contribution in [3.8, 4) is 22.9 Å². The van der Waals surface area contributed by atoms with E-state index in [1.165, 1.54) is 27.7 Å². The Morgan fingerprint density at radius 3 is 2.77 bits per heavy atom. The molecule has 0 aliphatic heterocycles. The number of benzene rings is 3. The van der Waals surface area contributed by atoms with Crippen molar-refractivity contribution in [2.75, 3.05) is 0 Å². The lowest BCUT2D eigenvalue weighted by molar-refractivity contribution is 0.888. The number of aromatic nitrogens is 1. The Balaban J connectivity index is 1.81. The van der Waals surface area contributed by atoms with E-state index >= 15 is 0 Å². The van der Waals surface area contributed by atoms with E-state index < -0.39 is 0 Å². The zero-order valence-electron chi connectivity index (χ0n) is 20.0. The molecule has 0 spiro atoms. The molecule has 4 aromatic rings. The van der Waals surface area contributed by atoms with Crippen LogP contribution in [0.2, 0.25) is 0 Å². The summed E-state index contributed by atoms with van der Waals surface area (Å²) in [7, 11) is 0. The van der Waals surface area contributed by atoms with Gasteiger partial charge in [-0.1, -0.05) is 66.8 Å². The first-order valence-corrected chi connectivity index (χ1v) is 12.1. The summed E-state index contributed by atoms with van der Waals surface area (Å²) < 4.78 is 2.43. The van der Waals surface area contributed by atoms with Crippen molar-refractivity contribution >= 4 is 22.6 Å². The summed E-state index contributed by atoms with van der Waals surface area (Å²) in [6.45, 7) is 6.03. The third-order valence-corrected chi connectivity index (χ3v) is 6.57. The van der Waals surface area contributed by atoms with Gasteiger partial charge in [-0.05, 0) is 84.8 Å². The molecule has 2 heteroatoms. The molecule has 5 rings (SSSR count). The highest BCUT2D eigenvalue weighted by atomic mass is 15.0. The molecule has 0 unspecified atom stereocenters. The number of hydrogen-bond donors (Lipinski definition) is 0. The number of rotatable bonds is 6. The Hall–Kier alpha value is -4.35. The van der Waals surface area contributed by atoms with Crippen LogP contribution in [0.5, 0.6) is 0 Å². The number of nitrogens with zero attached hydrogens (tertiary/aromatic N) is 2. The van der Waals surface area contributed by atoms with Crippen molar-refractivity contribution in [3.05, 3.63) is 126 Å². The molecule has 1 aromatic heterocycles. The van der Waals surface area contributed by atoms with Gasteiger partial charge < -0.3 is 4.57 Å². The van der Waals surface area contributed by atoms with E-state index in [1.54, 1.807) is 0 Å². The van der Waals surface area contributed by atoms with Gasteiger partial charge in [-0.3, -0.25) is 0 Å². The van der Waals surface area contributed by atoms with Crippen molar-refractivity contribution in [2.24, 2.45) is 0 Å². The SMILES string of the molecule is C=CC/C(=C\C=C/C)c1cc(-c2cccc(C#N)c2)cc(-n2c3c(c4ccccc42)C=CCC3)c1. The summed E-state index contributed by atoms with van der Waals surface area (Å²) in [6.07, 6.45) is 15.6. The number of fused-ring (bicyclic) bond motifs is 3. The van der Waals surface area contributed by atoms with Gasteiger partial charge in [-0.15, -0.1) is 6.58 Å². The average molecular weight is 453 g/mol. The highest BCUT2D eigenvalue weighted by Gasteiger charge is 2.19. The first kappa shape index (κ1) is 22.4. The minimum atomic E-state index is 0.666. The van der Waals surface area contributed by atoms with Crippen LogP contribution >= 0.6 is 0 Å². The molecule has 35 heavy (non-hydrogen) atoms. The lowest BCUT2D eigenvalue weighted by atomic mass is 9.95. The molecule has 0 N–H and O–H groups in total. The van der Waals surface area contributed by atoms with Crippen molar-refractivity contribution in [3.63, 3.8) is 0 Å². The average Bonchev–Trinajstić information content (AvgIpc) is 3.25. The zero-order valence-corrected chi connectivity index (χ0v) is 20.0. The summed E-state index contributed by atoms with van der Waals surface area (Å²) in [6, 6.07) is 25.6. The molecular formula is C33H28N2. The molecule has 3 aromatic carbocycles. The lowest BCUT2D eigenvalue weighted by Gasteiger charge is -2.17. The summed E-state index contributed by atoms with van der Waals surface area (Å²) >= 11 is 0. The van der Waals surface area contributed by atoms with Crippen LogP contribution in [-0.2, 0) is 6.42 Å². The van der Waals surface area contributed by atoms with Crippen LogP contribution in [0.4, 0.5) is 0 Å². The van der Waals surface area contributed by atoms with E-state index in [9.17, 15) is 5.26 Å². The third-order valence-electron chi connectivity index (χ3n) is 6.57. The van der Waals surface area contributed by atoms with Crippen molar-refractivity contribution in [1.82, 2.24) is 4.57 Å². The van der Waals surface area contributed by atoms with Gasteiger partial charge in [-0.2, -0.15) is 5.26 Å². The molecule has 0 fully saturated rings. The number of allylic oxidation sites excluding steroid dienone is 6. The molecule has 2 nitrogen and oxygen atoms in total. The van der Waals surface area contributed by atoms with Gasteiger partial charge >= 0.3 is 0 Å². The Kier molecular flexibility index (Phi) is 6.33. The summed E-state index contributed by atoms with van der Waals surface area (Å²) in [5.41, 5.74) is 10.2. The predicted octanol–water partition coefficient (Wildman–Crippen LogP) is 8.66. The Labute approximate surface area is 207 Å². The van der Waals surface area contributed by atoms with Gasteiger partial charge in [0, 0.05) is 22.3 Å². The van der Waals surface area contributed by atoms with Crippen LogP contribution in [0.3, 0.4) is 0 Å². The Morgan fingerprint density at radius 1 is 1.06 bits per heavy atom. The minimum Gasteiger partial charge on any atom is -0.313 e. The molecule has 0 amide bonds. The third kappa shape index (κ3) is 4.29. The molecule has 0 saturated heterocycles. The minimum absolute atomic E-state index is 0.666. The van der Waals surface area contributed by atoms with Crippen LogP contribution < -0.4 is 0 Å². The fraction of sp³-hybridized carbons (Fsp3) is 0.121. The van der Waals surface area contributed by atoms with Gasteiger partial charge in [0.25, 0.3) is 0 Å². The largest absolute Gasteiger partial charge is 0.313 e. The number of nitriles is 1. The molecule has 1 aliphatic carbocycles. The fourth-order valence-corrected chi connectivity index (χ4v) is 4.98. The maximum absolute atomic E-state index is 9.49. The smallest absolute Gasteiger partial charge is 0.0991 e. The second kappa shape index (κ2) is 9.87. The van der Waals surface area contributed by atoms with E-state index in [0.29, 0.717) is 5.56 Å². The van der Waals surface area contributed by atoms with Crippen molar-refractivity contribution in [2.45, 2.75) is 26.2 Å². The van der Waals surface area contributed by atoms with Crippen LogP contribution in [0, 0.1) is 11.3 Å². The van der Waals surface area contributed by atoms with E-state index in [4.69, 9.17) is 0 Å². The van der Waals surface area contributed by atoms with Gasteiger partial charge in [0.15, 0.2) is 0 Å². The standard InChI is InChI=1S/C33H28N2/c1-3-5-13-25(11-4-2)27-20-28(26-14-10-12-24(19-26)23-34)22-29(21-27)35-32-17-8-6-15-30(32)31-16-7-9-18-33(31)35/h3-8,10,12-17,19-22H,2,9,11,18H2,1H3/b5-3-,25-13+. The van der Waals surface area contributed by atoms with Crippen molar-refractivity contribution in [1.29, 1.82) is 5.26 Å². The molecule has 170 valence electrons. The normalized spacial score (nSPS) is 13.2. The molecule has 1 heterocycles. The van der Waals surface area contributed by atoms with E-state index in [-0.39, 0.29) is 0 Å². The van der Waals surface area contributed by atoms with Crippen LogP contribution in [-0.4, -0.2) is 4.57 Å². The fourth-order valence-electron chi connectivity index (χ4n) is 4.98. The predicted molar refractivity (Wildman–Crippen MR) is 148 cm³/mol. The molecular weight excluding hydrogens is 424 g/mol. The monoisotopic (exact) mass is 452 g/mol. The van der Waals surface area contributed by atoms with Crippen molar-refractivity contribution < 1.29 is 0 Å². The second-order valence-corrected chi connectivity index (χ2v) is 8.83. The first-order chi connectivity index (χ1) is 17.2. The number of hydrogen-bond acceptors (Lipinski definition) is 1. The molecule has 1 aliphatic rings. The summed E-state index contributed by atoms with van der Waals surface area (Å²) in [5, 5.41) is 10.8. The Morgan fingerprint density at radius 2 is 1.94 bits per heavy atom. The number of para-hydroxylation sites is 1. The van der Waals surface area contributed by atoms with E-state index in [0.717, 1.165) is 41.6 Å². The van der Waals surface area contributed by atoms with Gasteiger partial charge in [0.1, 0.15) is 0 Å². The van der Waals surface area contributed by atoms with Crippen LogP contribution in [0.15, 0.2) is 104 Å².